The van der Waals surface area contributed by atoms with Crippen LogP contribution in [0.3, 0.4) is 0 Å². The number of benzene rings is 1. The first-order chi connectivity index (χ1) is 10.2. The highest BCUT2D eigenvalue weighted by molar-refractivity contribution is 7.87. The van der Waals surface area contributed by atoms with Gasteiger partial charge in [0.1, 0.15) is 0 Å². The Morgan fingerprint density at radius 2 is 1.82 bits per heavy atom. The average Bonchev–Trinajstić information content (AvgIpc) is 2.48. The Bertz CT molecular complexity index is 666. The van der Waals surface area contributed by atoms with E-state index < -0.39 is 15.0 Å². The molecule has 1 unspecified atom stereocenters. The van der Waals surface area contributed by atoms with Gasteiger partial charge in [-0.3, -0.25) is 9.35 Å². The molecule has 0 fully saturated rings. The fourth-order valence-corrected chi connectivity index (χ4v) is 2.21. The quantitative estimate of drug-likeness (QED) is 0.644. The first-order valence-electron chi connectivity index (χ1n) is 6.52. The van der Waals surface area contributed by atoms with Crippen LogP contribution in [-0.4, -0.2) is 43.2 Å². The van der Waals surface area contributed by atoms with Crippen molar-refractivity contribution in [3.05, 3.63) is 54.1 Å². The lowest BCUT2D eigenvalue weighted by atomic mass is 9.97. The molecule has 1 aliphatic rings. The van der Waals surface area contributed by atoms with Gasteiger partial charge in [-0.25, -0.2) is 0 Å². The molecule has 1 atom stereocenters. The molecule has 1 aromatic rings. The molecule has 1 aliphatic carbocycles. The van der Waals surface area contributed by atoms with Crippen LogP contribution < -0.4 is 5.73 Å². The molecule has 120 valence electrons. The van der Waals surface area contributed by atoms with Gasteiger partial charge in [-0.2, -0.15) is 8.42 Å². The highest BCUT2D eigenvalue weighted by atomic mass is 32.2. The lowest BCUT2D eigenvalue weighted by Crippen LogP contribution is -2.46. The summed E-state index contributed by atoms with van der Waals surface area (Å²) in [7, 11) is -0.910. The molecule has 22 heavy (non-hydrogen) atoms. The van der Waals surface area contributed by atoms with E-state index in [9.17, 15) is 13.2 Å². The molecule has 6 nitrogen and oxygen atoms in total. The van der Waals surface area contributed by atoms with Gasteiger partial charge in [0.2, 0.25) is 6.41 Å². The molecule has 0 bridgehead atoms. The molecule has 0 spiro atoms. The molecule has 0 aromatic heterocycles. The zero-order valence-corrected chi connectivity index (χ0v) is 13.3. The lowest BCUT2D eigenvalue weighted by molar-refractivity contribution is -0.115. The largest absolute Gasteiger partial charge is 0.351 e. The molecule has 1 aromatic carbocycles. The van der Waals surface area contributed by atoms with Crippen LogP contribution in [0.2, 0.25) is 0 Å². The summed E-state index contributed by atoms with van der Waals surface area (Å²) in [4.78, 5) is 9.17. The minimum atomic E-state index is -4.28. The summed E-state index contributed by atoms with van der Waals surface area (Å²) in [6, 6.07) is 9.55. The van der Waals surface area contributed by atoms with Crippen LogP contribution in [0.4, 0.5) is 0 Å². The third kappa shape index (κ3) is 4.80. The van der Waals surface area contributed by atoms with Crippen LogP contribution in [0, 0.1) is 0 Å². The SMILES string of the molecule is CN(C)C=O.NC1(S(=O)(=O)O)C=CC(c2ccccc2)=CC1. The first-order valence-corrected chi connectivity index (χ1v) is 7.96. The Balaban J connectivity index is 0.000000422. The van der Waals surface area contributed by atoms with Crippen molar-refractivity contribution in [3.63, 3.8) is 0 Å². The molecule has 0 radical (unpaired) electrons. The van der Waals surface area contributed by atoms with E-state index in [0.29, 0.717) is 0 Å². The van der Waals surface area contributed by atoms with Crippen molar-refractivity contribution in [2.45, 2.75) is 11.3 Å². The summed E-state index contributed by atoms with van der Waals surface area (Å²) in [6.07, 6.45) is 5.47. The van der Waals surface area contributed by atoms with E-state index in [0.717, 1.165) is 17.5 Å². The highest BCUT2D eigenvalue weighted by Gasteiger charge is 2.36. The van der Waals surface area contributed by atoms with E-state index in [1.807, 2.05) is 30.3 Å². The van der Waals surface area contributed by atoms with Gasteiger partial charge in [0.15, 0.2) is 4.87 Å². The second-order valence-corrected chi connectivity index (χ2v) is 6.77. The van der Waals surface area contributed by atoms with Gasteiger partial charge in [-0.1, -0.05) is 42.5 Å². The zero-order valence-electron chi connectivity index (χ0n) is 12.5. The predicted octanol–water partition coefficient (Wildman–Crippen LogP) is 1.28. The van der Waals surface area contributed by atoms with Gasteiger partial charge in [0.25, 0.3) is 10.1 Å². The van der Waals surface area contributed by atoms with Crippen molar-refractivity contribution in [3.8, 4) is 0 Å². The van der Waals surface area contributed by atoms with Crippen LogP contribution in [-0.2, 0) is 14.9 Å². The number of amides is 1. The topological polar surface area (TPSA) is 101 Å². The number of nitrogens with zero attached hydrogens (tertiary/aromatic N) is 1. The van der Waals surface area contributed by atoms with Crippen molar-refractivity contribution in [1.29, 1.82) is 0 Å². The van der Waals surface area contributed by atoms with Gasteiger partial charge in [0.05, 0.1) is 0 Å². The van der Waals surface area contributed by atoms with E-state index in [2.05, 4.69) is 0 Å². The van der Waals surface area contributed by atoms with E-state index in [-0.39, 0.29) is 6.42 Å². The van der Waals surface area contributed by atoms with Gasteiger partial charge < -0.3 is 10.6 Å². The molecule has 0 saturated heterocycles. The predicted molar refractivity (Wildman–Crippen MR) is 86.4 cm³/mol. The number of nitrogens with two attached hydrogens (primary N) is 1. The van der Waals surface area contributed by atoms with Crippen LogP contribution in [0.25, 0.3) is 5.57 Å². The van der Waals surface area contributed by atoms with Crippen molar-refractivity contribution in [1.82, 2.24) is 4.90 Å². The molecule has 0 aliphatic heterocycles. The van der Waals surface area contributed by atoms with E-state index in [1.165, 1.54) is 11.0 Å². The van der Waals surface area contributed by atoms with Crippen LogP contribution in [0.1, 0.15) is 12.0 Å². The Hall–Kier alpha value is -1.96. The summed E-state index contributed by atoms with van der Waals surface area (Å²) < 4.78 is 31.2. The van der Waals surface area contributed by atoms with Gasteiger partial charge in [-0.05, 0) is 17.2 Å². The van der Waals surface area contributed by atoms with E-state index in [1.54, 1.807) is 26.2 Å². The molecule has 7 heteroatoms. The lowest BCUT2D eigenvalue weighted by Gasteiger charge is -2.24. The molecule has 1 amide bonds. The maximum atomic E-state index is 11.1. The van der Waals surface area contributed by atoms with Crippen LogP contribution in [0.15, 0.2) is 48.6 Å². The first kappa shape index (κ1) is 18.1. The van der Waals surface area contributed by atoms with Crippen molar-refractivity contribution in [2.24, 2.45) is 5.73 Å². The van der Waals surface area contributed by atoms with E-state index in [4.69, 9.17) is 10.3 Å². The number of hydrogen-bond acceptors (Lipinski definition) is 4. The third-order valence-electron chi connectivity index (χ3n) is 2.98. The van der Waals surface area contributed by atoms with Crippen molar-refractivity contribution >= 4 is 22.1 Å². The maximum Gasteiger partial charge on any atom is 0.287 e. The number of carbonyl (C=O) groups excluding carboxylic acids is 1. The zero-order chi connectivity index (χ0) is 16.8. The fraction of sp³-hybridized carbons (Fsp3) is 0.267. The normalized spacial score (nSPS) is 20.5. The van der Waals surface area contributed by atoms with Gasteiger partial charge in [-0.15, -0.1) is 0 Å². The highest BCUT2D eigenvalue weighted by Crippen LogP contribution is 2.28. The van der Waals surface area contributed by atoms with Crippen molar-refractivity contribution < 1.29 is 17.8 Å². The van der Waals surface area contributed by atoms with Crippen LogP contribution in [0.5, 0.6) is 0 Å². The molecule has 0 saturated carbocycles. The summed E-state index contributed by atoms with van der Waals surface area (Å²) in [6.45, 7) is 0. The minimum absolute atomic E-state index is 0.0621. The average molecular weight is 324 g/mol. The monoisotopic (exact) mass is 324 g/mol. The maximum absolute atomic E-state index is 11.1. The van der Waals surface area contributed by atoms with Gasteiger partial charge in [0, 0.05) is 20.5 Å². The summed E-state index contributed by atoms with van der Waals surface area (Å²) in [5.74, 6) is 0. The summed E-state index contributed by atoms with van der Waals surface area (Å²) >= 11 is 0. The molecule has 0 heterocycles. The number of hydrogen-bond donors (Lipinski definition) is 2. The standard InChI is InChI=1S/C12H13NO3S.C3H7NO/c13-12(17(14,15)16)8-6-11(7-9-12)10-4-2-1-3-5-10;1-4(2)3-5/h1-8H,9,13H2,(H,14,15,16);3H,1-2H3. The fourth-order valence-electron chi connectivity index (χ4n) is 1.67. The van der Waals surface area contributed by atoms with E-state index >= 15 is 0 Å². The molecular formula is C15H20N2O4S. The Kier molecular flexibility index (Phi) is 6.04. The Morgan fingerprint density at radius 3 is 2.18 bits per heavy atom. The van der Waals surface area contributed by atoms with Crippen LogP contribution >= 0.6 is 0 Å². The molecule has 3 N–H and O–H groups in total. The summed E-state index contributed by atoms with van der Waals surface area (Å²) in [5.41, 5.74) is 7.49. The Morgan fingerprint density at radius 1 is 1.27 bits per heavy atom. The second kappa shape index (κ2) is 7.35. The van der Waals surface area contributed by atoms with Crippen molar-refractivity contribution in [2.75, 3.05) is 14.1 Å². The third-order valence-corrected chi connectivity index (χ3v) is 4.25. The summed E-state index contributed by atoms with van der Waals surface area (Å²) in [5, 5.41) is 0. The molecular weight excluding hydrogens is 304 g/mol. The molecule has 2 rings (SSSR count). The number of allylic oxidation sites excluding steroid dienone is 2. The van der Waals surface area contributed by atoms with Gasteiger partial charge >= 0.3 is 0 Å². The Labute approximate surface area is 130 Å². The smallest absolute Gasteiger partial charge is 0.287 e. The number of carbonyl (C=O) groups is 1. The number of rotatable bonds is 3. The second-order valence-electron chi connectivity index (χ2n) is 5.06. The minimum Gasteiger partial charge on any atom is -0.351 e.